The van der Waals surface area contributed by atoms with Crippen molar-refractivity contribution in [3.63, 3.8) is 0 Å². The monoisotopic (exact) mass is 426 g/mol. The van der Waals surface area contributed by atoms with Crippen LogP contribution in [0.1, 0.15) is 25.0 Å². The summed E-state index contributed by atoms with van der Waals surface area (Å²) in [7, 11) is 0. The Kier molecular flexibility index (Phi) is 7.06. The average Bonchev–Trinajstić information content (AvgIpc) is 2.80. The van der Waals surface area contributed by atoms with Crippen molar-refractivity contribution in [1.82, 2.24) is 0 Å². The summed E-state index contributed by atoms with van der Waals surface area (Å²) < 4.78 is 10.3. The van der Waals surface area contributed by atoms with Gasteiger partial charge >= 0.3 is 11.9 Å². The van der Waals surface area contributed by atoms with Crippen molar-refractivity contribution in [2.24, 2.45) is 0 Å². The molecule has 0 saturated carbocycles. The van der Waals surface area contributed by atoms with E-state index in [0.29, 0.717) is 11.5 Å². The lowest BCUT2D eigenvalue weighted by Crippen LogP contribution is -2.20. The molecule has 4 nitrogen and oxygen atoms in total. The molecule has 3 aromatic carbocycles. The van der Waals surface area contributed by atoms with Crippen LogP contribution in [-0.4, -0.2) is 11.9 Å². The summed E-state index contributed by atoms with van der Waals surface area (Å²) in [5.74, 6) is 0.0510. The molecule has 162 valence electrons. The Morgan fingerprint density at radius 1 is 0.719 bits per heavy atom. The second-order valence-corrected chi connectivity index (χ2v) is 8.06. The van der Waals surface area contributed by atoms with E-state index in [-0.39, 0.29) is 5.41 Å². The van der Waals surface area contributed by atoms with Gasteiger partial charge in [0.15, 0.2) is 0 Å². The van der Waals surface area contributed by atoms with Crippen LogP contribution in [0.4, 0.5) is 0 Å². The summed E-state index contributed by atoms with van der Waals surface area (Å²) in [6.07, 6.45) is 3.12. The zero-order chi connectivity index (χ0) is 23.1. The van der Waals surface area contributed by atoms with Crippen LogP contribution in [0.15, 0.2) is 98.1 Å². The Morgan fingerprint density at radius 2 is 1.12 bits per heavy atom. The molecule has 0 aliphatic heterocycles. The minimum atomic E-state index is -0.475. The van der Waals surface area contributed by atoms with E-state index in [9.17, 15) is 9.59 Å². The lowest BCUT2D eigenvalue weighted by molar-refractivity contribution is -0.129. The van der Waals surface area contributed by atoms with Gasteiger partial charge in [-0.3, -0.25) is 0 Å². The molecule has 0 fully saturated rings. The molecule has 32 heavy (non-hydrogen) atoms. The van der Waals surface area contributed by atoms with E-state index in [2.05, 4.69) is 51.3 Å². The first kappa shape index (κ1) is 22.8. The van der Waals surface area contributed by atoms with Crippen molar-refractivity contribution < 1.29 is 19.1 Å². The molecule has 0 radical (unpaired) electrons. The number of carbonyl (C=O) groups is 2. The molecule has 0 saturated heterocycles. The van der Waals surface area contributed by atoms with Gasteiger partial charge in [-0.25, -0.2) is 9.59 Å². The standard InChI is InChI=1S/C28H26O4/c1-5-26(29)31-24-15-7-20(8-16-24)19-28(3,4)23-13-9-21(10-14-23)22-11-17-25(18-12-22)32-27(30)6-2/h5-18H,1-2,19H2,3-4H3. The van der Waals surface area contributed by atoms with Crippen LogP contribution in [0.3, 0.4) is 0 Å². The Hall–Kier alpha value is -3.92. The second kappa shape index (κ2) is 9.92. The van der Waals surface area contributed by atoms with E-state index in [0.717, 1.165) is 35.3 Å². The largest absolute Gasteiger partial charge is 0.423 e. The molecule has 0 bridgehead atoms. The van der Waals surface area contributed by atoms with Crippen molar-refractivity contribution in [3.8, 4) is 22.6 Å². The summed E-state index contributed by atoms with van der Waals surface area (Å²) in [5, 5.41) is 0. The third kappa shape index (κ3) is 5.82. The van der Waals surface area contributed by atoms with Crippen molar-refractivity contribution in [2.75, 3.05) is 0 Å². The average molecular weight is 427 g/mol. The van der Waals surface area contributed by atoms with Gasteiger partial charge in [0.2, 0.25) is 0 Å². The van der Waals surface area contributed by atoms with Crippen LogP contribution in [0.5, 0.6) is 11.5 Å². The first-order valence-electron chi connectivity index (χ1n) is 10.3. The lowest BCUT2D eigenvalue weighted by Gasteiger charge is -2.26. The number of carbonyl (C=O) groups excluding carboxylic acids is 2. The maximum Gasteiger partial charge on any atom is 0.335 e. The minimum Gasteiger partial charge on any atom is -0.423 e. The number of rotatable bonds is 8. The Morgan fingerprint density at radius 3 is 1.56 bits per heavy atom. The maximum absolute atomic E-state index is 11.3. The Labute approximate surface area is 188 Å². The Bertz CT molecular complexity index is 1110. The lowest BCUT2D eigenvalue weighted by atomic mass is 9.79. The topological polar surface area (TPSA) is 52.6 Å². The molecular weight excluding hydrogens is 400 g/mol. The molecule has 0 spiro atoms. The predicted molar refractivity (Wildman–Crippen MR) is 127 cm³/mol. The van der Waals surface area contributed by atoms with Gasteiger partial charge in [-0.05, 0) is 58.4 Å². The van der Waals surface area contributed by atoms with E-state index in [1.165, 1.54) is 5.56 Å². The summed E-state index contributed by atoms with van der Waals surface area (Å²) in [6.45, 7) is 11.2. The number of hydrogen-bond donors (Lipinski definition) is 0. The highest BCUT2D eigenvalue weighted by Gasteiger charge is 2.21. The summed E-state index contributed by atoms with van der Waals surface area (Å²) >= 11 is 0. The van der Waals surface area contributed by atoms with Crippen molar-refractivity contribution in [2.45, 2.75) is 25.7 Å². The van der Waals surface area contributed by atoms with Crippen LogP contribution >= 0.6 is 0 Å². The van der Waals surface area contributed by atoms with Gasteiger partial charge in [0.05, 0.1) is 0 Å². The summed E-state index contributed by atoms with van der Waals surface area (Å²) in [5.41, 5.74) is 4.42. The molecule has 4 heteroatoms. The molecule has 0 amide bonds. The molecule has 0 aliphatic carbocycles. The zero-order valence-corrected chi connectivity index (χ0v) is 18.3. The molecule has 0 unspecified atom stereocenters. The van der Waals surface area contributed by atoms with E-state index >= 15 is 0 Å². The molecule has 0 aliphatic rings. The third-order valence-electron chi connectivity index (χ3n) is 5.19. The van der Waals surface area contributed by atoms with Crippen LogP contribution < -0.4 is 9.47 Å². The van der Waals surface area contributed by atoms with Crippen LogP contribution in [0.2, 0.25) is 0 Å². The molecule has 0 atom stereocenters. The Balaban J connectivity index is 1.69. The molecule has 3 aromatic rings. The summed E-state index contributed by atoms with van der Waals surface area (Å²) in [4.78, 5) is 22.6. The van der Waals surface area contributed by atoms with Crippen molar-refractivity contribution >= 4 is 11.9 Å². The van der Waals surface area contributed by atoms with Gasteiger partial charge in [0, 0.05) is 12.2 Å². The zero-order valence-electron chi connectivity index (χ0n) is 18.3. The second-order valence-electron chi connectivity index (χ2n) is 8.06. The highest BCUT2D eigenvalue weighted by Crippen LogP contribution is 2.31. The number of benzene rings is 3. The molecule has 0 aromatic heterocycles. The highest BCUT2D eigenvalue weighted by atomic mass is 16.5. The van der Waals surface area contributed by atoms with Gasteiger partial charge < -0.3 is 9.47 Å². The maximum atomic E-state index is 11.3. The minimum absolute atomic E-state index is 0.0828. The van der Waals surface area contributed by atoms with Crippen molar-refractivity contribution in [3.05, 3.63) is 109 Å². The van der Waals surface area contributed by atoms with Gasteiger partial charge in [0.25, 0.3) is 0 Å². The fourth-order valence-electron chi connectivity index (χ4n) is 3.43. The van der Waals surface area contributed by atoms with Crippen molar-refractivity contribution in [1.29, 1.82) is 0 Å². The van der Waals surface area contributed by atoms with Crippen LogP contribution in [0, 0.1) is 0 Å². The number of hydrogen-bond acceptors (Lipinski definition) is 4. The normalized spacial score (nSPS) is 10.8. The van der Waals surface area contributed by atoms with Gasteiger partial charge in [0.1, 0.15) is 11.5 Å². The fourth-order valence-corrected chi connectivity index (χ4v) is 3.43. The quantitative estimate of drug-likeness (QED) is 0.250. The first-order chi connectivity index (χ1) is 15.3. The molecule has 0 heterocycles. The smallest absolute Gasteiger partial charge is 0.335 e. The SMILES string of the molecule is C=CC(=O)Oc1ccc(CC(C)(C)c2ccc(-c3ccc(OC(=O)C=C)cc3)cc2)cc1. The summed E-state index contributed by atoms with van der Waals surface area (Å²) in [6, 6.07) is 23.4. The number of ether oxygens (including phenoxy) is 2. The molecular formula is C28H26O4. The van der Waals surface area contributed by atoms with Crippen LogP contribution in [-0.2, 0) is 21.4 Å². The number of esters is 2. The van der Waals surface area contributed by atoms with Gasteiger partial charge in [-0.15, -0.1) is 0 Å². The molecule has 3 rings (SSSR count). The molecule has 0 N–H and O–H groups in total. The first-order valence-corrected chi connectivity index (χ1v) is 10.3. The highest BCUT2D eigenvalue weighted by molar-refractivity contribution is 5.83. The van der Waals surface area contributed by atoms with Crippen LogP contribution in [0.25, 0.3) is 11.1 Å². The van der Waals surface area contributed by atoms with E-state index in [1.807, 2.05) is 24.3 Å². The van der Waals surface area contributed by atoms with E-state index in [1.54, 1.807) is 24.3 Å². The fraction of sp³-hybridized carbons (Fsp3) is 0.143. The third-order valence-corrected chi connectivity index (χ3v) is 5.19. The van der Waals surface area contributed by atoms with E-state index in [4.69, 9.17) is 9.47 Å². The van der Waals surface area contributed by atoms with Gasteiger partial charge in [-0.1, -0.05) is 75.5 Å². The van der Waals surface area contributed by atoms with Gasteiger partial charge in [-0.2, -0.15) is 0 Å². The van der Waals surface area contributed by atoms with E-state index < -0.39 is 11.9 Å². The predicted octanol–water partition coefficient (Wildman–Crippen LogP) is 6.06.